The Morgan fingerprint density at radius 2 is 2.03 bits per heavy atom. The molecule has 0 unspecified atom stereocenters. The summed E-state index contributed by atoms with van der Waals surface area (Å²) in [5.74, 6) is -0.294. The monoisotopic (exact) mass is 412 g/mol. The van der Waals surface area contributed by atoms with Crippen LogP contribution in [0.2, 0.25) is 0 Å². The highest BCUT2D eigenvalue weighted by atomic mass is 19.1. The number of hydrogen-bond donors (Lipinski definition) is 1. The fourth-order valence-corrected chi connectivity index (χ4v) is 3.02. The van der Waals surface area contributed by atoms with Gasteiger partial charge in [0.1, 0.15) is 23.8 Å². The number of aryl methyl sites for hydroxylation is 1. The molecule has 1 aromatic carbocycles. The lowest BCUT2D eigenvalue weighted by Gasteiger charge is -2.06. The van der Waals surface area contributed by atoms with Crippen LogP contribution in [0.15, 0.2) is 41.8 Å². The number of aliphatic hydroxyl groups excluding tert-OH is 1. The summed E-state index contributed by atoms with van der Waals surface area (Å²) in [6.07, 6.45) is 3.74. The first-order valence-electron chi connectivity index (χ1n) is 9.78. The maximum Gasteiger partial charge on any atom is 0.153 e. The number of rotatable bonds is 6. The van der Waals surface area contributed by atoms with E-state index in [1.165, 1.54) is 6.07 Å². The number of halogens is 1. The second-order valence-electron chi connectivity index (χ2n) is 6.42. The van der Waals surface area contributed by atoms with Crippen LogP contribution in [-0.2, 0) is 18.3 Å². The van der Waals surface area contributed by atoms with Crippen LogP contribution in [0.4, 0.5) is 4.39 Å². The Morgan fingerprint density at radius 3 is 2.80 bits per heavy atom. The van der Waals surface area contributed by atoms with Gasteiger partial charge in [-0.15, -0.1) is 0 Å². The summed E-state index contributed by atoms with van der Waals surface area (Å²) in [5.41, 5.74) is 3.88. The fraction of sp³-hybridized carbons (Fsp3) is 0.333. The van der Waals surface area contributed by atoms with E-state index in [1.54, 1.807) is 47.7 Å². The summed E-state index contributed by atoms with van der Waals surface area (Å²) in [6, 6.07) is 6.90. The molecule has 0 bridgehead atoms. The average Bonchev–Trinajstić information content (AvgIpc) is 3.33. The van der Waals surface area contributed by atoms with E-state index in [0.717, 1.165) is 16.6 Å². The predicted molar refractivity (Wildman–Crippen MR) is 113 cm³/mol. The van der Waals surface area contributed by atoms with Crippen LogP contribution in [-0.4, -0.2) is 48.4 Å². The van der Waals surface area contributed by atoms with E-state index in [2.05, 4.69) is 20.3 Å². The molecule has 0 fully saturated rings. The number of imidazole rings is 1. The molecule has 0 aliphatic heterocycles. The SMILES string of the molecule is C/C(=N\OCCO)c1ccc2ncc(Cc3cc4cnn(C)c4cc3F)n2n1.CC. The number of oxime groups is 1. The molecule has 30 heavy (non-hydrogen) atoms. The highest BCUT2D eigenvalue weighted by Gasteiger charge is 2.13. The van der Waals surface area contributed by atoms with Crippen LogP contribution in [0, 0.1) is 5.82 Å². The van der Waals surface area contributed by atoms with E-state index in [-0.39, 0.29) is 19.0 Å². The first-order chi connectivity index (χ1) is 14.6. The maximum absolute atomic E-state index is 14.6. The van der Waals surface area contributed by atoms with E-state index in [4.69, 9.17) is 9.94 Å². The van der Waals surface area contributed by atoms with Crippen LogP contribution in [0.3, 0.4) is 0 Å². The average molecular weight is 412 g/mol. The maximum atomic E-state index is 14.6. The van der Waals surface area contributed by atoms with Gasteiger partial charge < -0.3 is 9.94 Å². The molecule has 0 saturated carbocycles. The van der Waals surface area contributed by atoms with Gasteiger partial charge in [0, 0.05) is 24.9 Å². The molecule has 0 atom stereocenters. The number of hydrogen-bond acceptors (Lipinski definition) is 6. The zero-order valence-corrected chi connectivity index (χ0v) is 17.5. The van der Waals surface area contributed by atoms with Crippen LogP contribution < -0.4 is 0 Å². The smallest absolute Gasteiger partial charge is 0.153 e. The van der Waals surface area contributed by atoms with E-state index in [0.29, 0.717) is 29.0 Å². The van der Waals surface area contributed by atoms with Crippen LogP contribution in [0.5, 0.6) is 0 Å². The van der Waals surface area contributed by atoms with Gasteiger partial charge in [-0.2, -0.15) is 10.2 Å². The molecule has 158 valence electrons. The minimum absolute atomic E-state index is 0.109. The summed E-state index contributed by atoms with van der Waals surface area (Å²) in [7, 11) is 1.78. The van der Waals surface area contributed by atoms with Gasteiger partial charge in [-0.1, -0.05) is 19.0 Å². The Morgan fingerprint density at radius 1 is 1.23 bits per heavy atom. The minimum Gasteiger partial charge on any atom is -0.393 e. The van der Waals surface area contributed by atoms with Crippen molar-refractivity contribution in [2.24, 2.45) is 12.2 Å². The molecule has 0 radical (unpaired) electrons. The normalized spacial score (nSPS) is 11.6. The van der Waals surface area contributed by atoms with Gasteiger partial charge >= 0.3 is 0 Å². The highest BCUT2D eigenvalue weighted by molar-refractivity contribution is 5.96. The number of aromatic nitrogens is 5. The van der Waals surface area contributed by atoms with E-state index >= 15 is 0 Å². The molecule has 4 rings (SSSR count). The topological polar surface area (TPSA) is 89.8 Å². The van der Waals surface area contributed by atoms with Gasteiger partial charge in [0.25, 0.3) is 0 Å². The van der Waals surface area contributed by atoms with Gasteiger partial charge in [0.05, 0.1) is 30.2 Å². The van der Waals surface area contributed by atoms with Crippen molar-refractivity contribution in [2.45, 2.75) is 27.2 Å². The lowest BCUT2D eigenvalue weighted by Crippen LogP contribution is -2.07. The van der Waals surface area contributed by atoms with Crippen molar-refractivity contribution in [3.05, 3.63) is 59.4 Å². The van der Waals surface area contributed by atoms with Crippen molar-refractivity contribution in [1.82, 2.24) is 24.4 Å². The van der Waals surface area contributed by atoms with Crippen molar-refractivity contribution in [3.63, 3.8) is 0 Å². The Balaban J connectivity index is 0.00000124. The van der Waals surface area contributed by atoms with E-state index in [1.807, 2.05) is 19.9 Å². The van der Waals surface area contributed by atoms with Gasteiger partial charge in [-0.3, -0.25) is 4.68 Å². The van der Waals surface area contributed by atoms with Gasteiger partial charge in [0.2, 0.25) is 0 Å². The van der Waals surface area contributed by atoms with Gasteiger partial charge in [-0.05, 0) is 30.7 Å². The Labute approximate surface area is 173 Å². The second kappa shape index (κ2) is 9.45. The molecular weight excluding hydrogens is 387 g/mol. The zero-order valence-electron chi connectivity index (χ0n) is 17.5. The molecule has 3 heterocycles. The quantitative estimate of drug-likeness (QED) is 0.299. The van der Waals surface area contributed by atoms with E-state index < -0.39 is 0 Å². The highest BCUT2D eigenvalue weighted by Crippen LogP contribution is 2.21. The first-order valence-corrected chi connectivity index (χ1v) is 9.78. The number of fused-ring (bicyclic) bond motifs is 2. The minimum atomic E-state index is -0.294. The molecule has 4 aromatic rings. The largest absolute Gasteiger partial charge is 0.393 e. The number of benzene rings is 1. The third kappa shape index (κ3) is 4.30. The molecule has 0 amide bonds. The lowest BCUT2D eigenvalue weighted by molar-refractivity contribution is 0.0986. The van der Waals surface area contributed by atoms with Crippen molar-refractivity contribution < 1.29 is 14.3 Å². The molecule has 8 nitrogen and oxygen atoms in total. The first kappa shape index (κ1) is 21.4. The number of nitrogens with zero attached hydrogens (tertiary/aromatic N) is 6. The van der Waals surface area contributed by atoms with Crippen LogP contribution in [0.1, 0.15) is 37.7 Å². The zero-order chi connectivity index (χ0) is 21.7. The van der Waals surface area contributed by atoms with Gasteiger partial charge in [-0.25, -0.2) is 13.9 Å². The Bertz CT molecular complexity index is 1180. The second-order valence-corrected chi connectivity index (χ2v) is 6.42. The van der Waals surface area contributed by atoms with Crippen LogP contribution in [0.25, 0.3) is 16.6 Å². The third-order valence-electron chi connectivity index (χ3n) is 4.47. The predicted octanol–water partition coefficient (Wildman–Crippen LogP) is 3.11. The van der Waals surface area contributed by atoms with Gasteiger partial charge in [0.15, 0.2) is 5.65 Å². The molecular formula is C21H25FN6O2. The third-order valence-corrected chi connectivity index (χ3v) is 4.47. The molecule has 0 spiro atoms. The summed E-state index contributed by atoms with van der Waals surface area (Å²) in [6.45, 7) is 5.77. The Hall–Kier alpha value is -3.33. The van der Waals surface area contributed by atoms with Crippen LogP contribution >= 0.6 is 0 Å². The summed E-state index contributed by atoms with van der Waals surface area (Å²) >= 11 is 0. The van der Waals surface area contributed by atoms with Crippen molar-refractivity contribution in [1.29, 1.82) is 0 Å². The van der Waals surface area contributed by atoms with Crippen molar-refractivity contribution >= 4 is 22.3 Å². The summed E-state index contributed by atoms with van der Waals surface area (Å²) in [5, 5.41) is 22.3. The fourth-order valence-electron chi connectivity index (χ4n) is 3.02. The number of aliphatic hydroxyl groups is 1. The molecule has 1 N–H and O–H groups in total. The molecule has 3 aromatic heterocycles. The summed E-state index contributed by atoms with van der Waals surface area (Å²) in [4.78, 5) is 9.34. The van der Waals surface area contributed by atoms with E-state index in [9.17, 15) is 4.39 Å². The standard InChI is InChI=1S/C19H19FN6O2.C2H6/c1-12(24-28-6-5-27)17-3-4-19-21-11-15(26(19)23-17)8-13-7-14-10-22-25(2)18(14)9-16(13)20;1-2/h3-4,7,9-11,27H,5-6,8H2,1-2H3;1-2H3/b24-12+;. The lowest BCUT2D eigenvalue weighted by atomic mass is 10.1. The van der Waals surface area contributed by atoms with Crippen molar-refractivity contribution in [3.8, 4) is 0 Å². The molecule has 9 heteroatoms. The van der Waals surface area contributed by atoms with Crippen molar-refractivity contribution in [2.75, 3.05) is 13.2 Å². The molecule has 0 saturated heterocycles. The molecule has 0 aliphatic carbocycles. The Kier molecular flexibility index (Phi) is 6.73. The molecule has 0 aliphatic rings. The summed E-state index contributed by atoms with van der Waals surface area (Å²) < 4.78 is 17.9.